The van der Waals surface area contributed by atoms with Crippen LogP contribution in [-0.4, -0.2) is 54.1 Å². The van der Waals surface area contributed by atoms with Gasteiger partial charge in [-0.2, -0.15) is 0 Å². The van der Waals surface area contributed by atoms with Crippen LogP contribution in [0.1, 0.15) is 29.3 Å². The quantitative estimate of drug-likeness (QED) is 0.293. The number of benzene rings is 3. The van der Waals surface area contributed by atoms with Crippen molar-refractivity contribution >= 4 is 46.5 Å². The van der Waals surface area contributed by atoms with Gasteiger partial charge in [0.1, 0.15) is 17.6 Å². The predicted molar refractivity (Wildman–Crippen MR) is 149 cm³/mol. The fourth-order valence-electron chi connectivity index (χ4n) is 4.25. The van der Waals surface area contributed by atoms with E-state index < -0.39 is 23.7 Å². The van der Waals surface area contributed by atoms with E-state index in [2.05, 4.69) is 5.32 Å². The zero-order valence-corrected chi connectivity index (χ0v) is 22.4. The van der Waals surface area contributed by atoms with E-state index in [-0.39, 0.29) is 24.0 Å². The molecule has 10 heteroatoms. The lowest BCUT2D eigenvalue weighted by Gasteiger charge is -2.24. The number of methoxy groups -OCH3 is 1. The zero-order valence-electron chi connectivity index (χ0n) is 21.6. The first-order chi connectivity index (χ1) is 18.8. The molecule has 0 unspecified atom stereocenters. The number of thiocarbonyl (C=S) groups is 1. The standard InChI is InChI=1S/C29H28FN3O5S/c1-3-38-28(36)20-6-10-22(11-7-20)31-26(34)18-25-27(35)33(23-12-8-21(30)9-13-23)29(39)32(25)17-16-19-4-14-24(37-2)15-5-19/h4-15,25H,3,16-18H2,1-2H3,(H,31,34)/t25-/m0/s1. The number of nitrogens with zero attached hydrogens (tertiary/aromatic N) is 2. The first kappa shape index (κ1) is 27.7. The van der Waals surface area contributed by atoms with Crippen LogP contribution in [0.25, 0.3) is 0 Å². The summed E-state index contributed by atoms with van der Waals surface area (Å²) in [4.78, 5) is 41.5. The third kappa shape index (κ3) is 6.58. The van der Waals surface area contributed by atoms with Gasteiger partial charge in [0.05, 0.1) is 31.4 Å². The number of halogens is 1. The average Bonchev–Trinajstić information content (AvgIpc) is 3.16. The van der Waals surface area contributed by atoms with Gasteiger partial charge in [0.25, 0.3) is 5.91 Å². The number of esters is 1. The highest BCUT2D eigenvalue weighted by Gasteiger charge is 2.43. The van der Waals surface area contributed by atoms with E-state index in [9.17, 15) is 18.8 Å². The third-order valence-electron chi connectivity index (χ3n) is 6.26. The van der Waals surface area contributed by atoms with Crippen LogP contribution in [0, 0.1) is 5.82 Å². The fraction of sp³-hybridized carbons (Fsp3) is 0.241. The first-order valence-corrected chi connectivity index (χ1v) is 12.8. The van der Waals surface area contributed by atoms with Crippen molar-refractivity contribution in [2.75, 3.05) is 30.5 Å². The van der Waals surface area contributed by atoms with Crippen LogP contribution in [0.2, 0.25) is 0 Å². The van der Waals surface area contributed by atoms with E-state index in [0.29, 0.717) is 29.9 Å². The summed E-state index contributed by atoms with van der Waals surface area (Å²) in [5.74, 6) is -0.908. The van der Waals surface area contributed by atoms with Crippen LogP contribution >= 0.6 is 12.2 Å². The van der Waals surface area contributed by atoms with E-state index in [4.69, 9.17) is 21.7 Å². The molecule has 2 amide bonds. The molecule has 3 aromatic carbocycles. The Hall–Kier alpha value is -4.31. The smallest absolute Gasteiger partial charge is 0.338 e. The first-order valence-electron chi connectivity index (χ1n) is 12.4. The predicted octanol–water partition coefficient (Wildman–Crippen LogP) is 4.58. The van der Waals surface area contributed by atoms with E-state index in [0.717, 1.165) is 11.3 Å². The summed E-state index contributed by atoms with van der Waals surface area (Å²) in [7, 11) is 1.59. The Morgan fingerprint density at radius 3 is 2.28 bits per heavy atom. The van der Waals surface area contributed by atoms with Gasteiger partial charge >= 0.3 is 5.97 Å². The molecule has 0 aromatic heterocycles. The normalized spacial score (nSPS) is 14.9. The van der Waals surface area contributed by atoms with Gasteiger partial charge in [-0.15, -0.1) is 0 Å². The number of ether oxygens (including phenoxy) is 2. The SMILES string of the molecule is CCOC(=O)c1ccc(NC(=O)C[C@H]2C(=O)N(c3ccc(F)cc3)C(=S)N2CCc2ccc(OC)cc2)cc1. The van der Waals surface area contributed by atoms with E-state index in [1.165, 1.54) is 29.2 Å². The largest absolute Gasteiger partial charge is 0.497 e. The van der Waals surface area contributed by atoms with Gasteiger partial charge in [-0.05, 0) is 91.8 Å². The van der Waals surface area contributed by atoms with Crippen LogP contribution in [0.15, 0.2) is 72.8 Å². The van der Waals surface area contributed by atoms with Gasteiger partial charge in [-0.1, -0.05) is 12.1 Å². The second-order valence-electron chi connectivity index (χ2n) is 8.79. The molecule has 1 heterocycles. The van der Waals surface area contributed by atoms with Crippen LogP contribution in [0.5, 0.6) is 5.75 Å². The Balaban J connectivity index is 1.50. The Morgan fingerprint density at radius 1 is 1.00 bits per heavy atom. The van der Waals surface area contributed by atoms with Gasteiger partial charge in [0, 0.05) is 12.2 Å². The van der Waals surface area contributed by atoms with Crippen molar-refractivity contribution in [2.45, 2.75) is 25.8 Å². The number of nitrogens with one attached hydrogen (secondary N) is 1. The molecule has 3 aromatic rings. The molecule has 0 bridgehead atoms. The van der Waals surface area contributed by atoms with Crippen molar-refractivity contribution in [2.24, 2.45) is 0 Å². The molecule has 8 nitrogen and oxygen atoms in total. The van der Waals surface area contributed by atoms with Gasteiger partial charge in [-0.25, -0.2) is 9.18 Å². The molecular formula is C29H28FN3O5S. The molecule has 0 radical (unpaired) electrons. The maximum absolute atomic E-state index is 13.5. The molecule has 202 valence electrons. The highest BCUT2D eigenvalue weighted by molar-refractivity contribution is 7.80. The molecule has 1 aliphatic rings. The lowest BCUT2D eigenvalue weighted by atomic mass is 10.1. The number of carbonyl (C=O) groups excluding carboxylic acids is 3. The van der Waals surface area contributed by atoms with Gasteiger partial charge in [0.2, 0.25) is 5.91 Å². The highest BCUT2D eigenvalue weighted by atomic mass is 32.1. The average molecular weight is 550 g/mol. The summed E-state index contributed by atoms with van der Waals surface area (Å²) in [6.07, 6.45) is 0.418. The second-order valence-corrected chi connectivity index (χ2v) is 9.16. The monoisotopic (exact) mass is 549 g/mol. The Bertz CT molecular complexity index is 1350. The van der Waals surface area contributed by atoms with Gasteiger partial charge in [0.15, 0.2) is 5.11 Å². The van der Waals surface area contributed by atoms with E-state index >= 15 is 0 Å². The van der Waals surface area contributed by atoms with Crippen molar-refractivity contribution in [3.8, 4) is 5.75 Å². The molecule has 1 atom stereocenters. The van der Waals surface area contributed by atoms with Gasteiger partial charge in [-0.3, -0.25) is 14.5 Å². The number of hydrogen-bond donors (Lipinski definition) is 1. The Morgan fingerprint density at radius 2 is 1.67 bits per heavy atom. The minimum Gasteiger partial charge on any atom is -0.497 e. The summed E-state index contributed by atoms with van der Waals surface area (Å²) >= 11 is 5.67. The van der Waals surface area contributed by atoms with Crippen LogP contribution in [0.4, 0.5) is 15.8 Å². The summed E-state index contributed by atoms with van der Waals surface area (Å²) in [5, 5.41) is 3.02. The lowest BCUT2D eigenvalue weighted by molar-refractivity contribution is -0.124. The third-order valence-corrected chi connectivity index (χ3v) is 6.68. The number of anilines is 2. The number of hydrogen-bond acceptors (Lipinski definition) is 6. The summed E-state index contributed by atoms with van der Waals surface area (Å²) in [5.41, 5.74) is 2.28. The lowest BCUT2D eigenvalue weighted by Crippen LogP contribution is -2.39. The fourth-order valence-corrected chi connectivity index (χ4v) is 4.66. The van der Waals surface area contributed by atoms with Crippen molar-refractivity contribution in [3.63, 3.8) is 0 Å². The maximum atomic E-state index is 13.5. The minimum atomic E-state index is -0.848. The number of rotatable bonds is 10. The molecule has 4 rings (SSSR count). The molecule has 1 saturated heterocycles. The van der Waals surface area contributed by atoms with Crippen LogP contribution < -0.4 is 15.0 Å². The summed E-state index contributed by atoms with van der Waals surface area (Å²) in [6.45, 7) is 2.37. The Labute approximate surface area is 231 Å². The highest BCUT2D eigenvalue weighted by Crippen LogP contribution is 2.28. The molecular weight excluding hydrogens is 521 g/mol. The maximum Gasteiger partial charge on any atom is 0.338 e. The van der Waals surface area contributed by atoms with E-state index in [1.54, 1.807) is 43.2 Å². The summed E-state index contributed by atoms with van der Waals surface area (Å²) in [6, 6.07) is 18.5. The van der Waals surface area contributed by atoms with Crippen molar-refractivity contribution in [3.05, 3.63) is 89.7 Å². The second kappa shape index (κ2) is 12.5. The molecule has 1 N–H and O–H groups in total. The molecule has 1 fully saturated rings. The van der Waals surface area contributed by atoms with E-state index in [1.807, 2.05) is 24.3 Å². The van der Waals surface area contributed by atoms with Gasteiger partial charge < -0.3 is 19.7 Å². The number of carbonyl (C=O) groups is 3. The molecule has 0 saturated carbocycles. The topological polar surface area (TPSA) is 88.2 Å². The van der Waals surface area contributed by atoms with Crippen molar-refractivity contribution in [1.82, 2.24) is 4.90 Å². The molecule has 0 aliphatic carbocycles. The van der Waals surface area contributed by atoms with Crippen LogP contribution in [0.3, 0.4) is 0 Å². The van der Waals surface area contributed by atoms with Crippen molar-refractivity contribution in [1.29, 1.82) is 0 Å². The van der Waals surface area contributed by atoms with Crippen molar-refractivity contribution < 1.29 is 28.2 Å². The molecule has 39 heavy (non-hydrogen) atoms. The number of amides is 2. The molecule has 0 spiro atoms. The Kier molecular flexibility index (Phi) is 8.88. The zero-order chi connectivity index (χ0) is 27.9. The minimum absolute atomic E-state index is 0.154. The molecule has 1 aliphatic heterocycles. The summed E-state index contributed by atoms with van der Waals surface area (Å²) < 4.78 is 23.7. The van der Waals surface area contributed by atoms with Crippen LogP contribution in [-0.2, 0) is 20.7 Å².